The van der Waals surface area contributed by atoms with Crippen LogP contribution in [0.1, 0.15) is 31.2 Å². The summed E-state index contributed by atoms with van der Waals surface area (Å²) < 4.78 is 13.6. The Morgan fingerprint density at radius 1 is 1.00 bits per heavy atom. The van der Waals surface area contributed by atoms with Gasteiger partial charge in [-0.2, -0.15) is 10.1 Å². The van der Waals surface area contributed by atoms with Gasteiger partial charge in [-0.3, -0.25) is 4.79 Å². The van der Waals surface area contributed by atoms with Crippen LogP contribution < -0.4 is 10.6 Å². The second-order valence-electron chi connectivity index (χ2n) is 9.09. The summed E-state index contributed by atoms with van der Waals surface area (Å²) in [5, 5.41) is 9.65. The lowest BCUT2D eigenvalue weighted by Crippen LogP contribution is -2.52. The number of amides is 1. The predicted molar refractivity (Wildman–Crippen MR) is 132 cm³/mol. The number of carbonyl (C=O) groups excluding carboxylic acids is 1. The lowest BCUT2D eigenvalue weighted by molar-refractivity contribution is -0.140. The summed E-state index contributed by atoms with van der Waals surface area (Å²) in [6, 6.07) is 8.51. The maximum Gasteiger partial charge on any atom is 0.247 e. The van der Waals surface area contributed by atoms with E-state index in [1.807, 2.05) is 11.4 Å². The molecule has 1 aliphatic carbocycles. The Labute approximate surface area is 200 Å². The number of hydrazone groups is 1. The Morgan fingerprint density at radius 3 is 2.50 bits per heavy atom. The van der Waals surface area contributed by atoms with E-state index < -0.39 is 0 Å². The van der Waals surface area contributed by atoms with Gasteiger partial charge < -0.3 is 10.6 Å². The molecule has 0 radical (unpaired) electrons. The van der Waals surface area contributed by atoms with Gasteiger partial charge in [0.25, 0.3) is 0 Å². The number of allylic oxidation sites excluding steroid dienone is 2. The molecule has 0 unspecified atom stereocenters. The third-order valence-electron chi connectivity index (χ3n) is 7.11. The number of hydrogen-bond donors (Lipinski definition) is 1. The van der Waals surface area contributed by atoms with Crippen molar-refractivity contribution in [1.82, 2.24) is 15.0 Å². The standard InChI is InChI=1S/C25H25FN6OS/c26-16-7-5-15(6-8-16)21-18-3-1-2-4-19(18)24(33)32(30-21)17-9-12-31(13-10-17)22-20-11-14-34-23(20)29-25(27)28-22/h1-2,5-8,11,14,17-19H,3-4,9-10,12-13H2,(H2,27,28,29)/t18-,19+/m0/s1. The number of anilines is 2. The zero-order valence-corrected chi connectivity index (χ0v) is 19.4. The molecule has 2 atom stereocenters. The highest BCUT2D eigenvalue weighted by Gasteiger charge is 2.42. The lowest BCUT2D eigenvalue weighted by Gasteiger charge is -2.42. The average molecular weight is 477 g/mol. The normalized spacial score (nSPS) is 23.3. The number of benzene rings is 1. The summed E-state index contributed by atoms with van der Waals surface area (Å²) in [4.78, 5) is 25.5. The van der Waals surface area contributed by atoms with E-state index in [2.05, 4.69) is 27.0 Å². The largest absolute Gasteiger partial charge is 0.368 e. The van der Waals surface area contributed by atoms with E-state index >= 15 is 0 Å². The minimum atomic E-state index is -0.273. The van der Waals surface area contributed by atoms with Crippen LogP contribution in [0.25, 0.3) is 10.2 Å². The first-order chi connectivity index (χ1) is 16.6. The molecule has 0 bridgehead atoms. The van der Waals surface area contributed by atoms with Crippen molar-refractivity contribution in [3.63, 3.8) is 0 Å². The number of piperidine rings is 1. The van der Waals surface area contributed by atoms with Crippen LogP contribution in [-0.4, -0.2) is 45.7 Å². The number of aromatic nitrogens is 2. The fraction of sp³-hybridized carbons (Fsp3) is 0.360. The van der Waals surface area contributed by atoms with E-state index in [9.17, 15) is 9.18 Å². The zero-order chi connectivity index (χ0) is 23.2. The summed E-state index contributed by atoms with van der Waals surface area (Å²) in [6.07, 6.45) is 7.29. The van der Waals surface area contributed by atoms with Crippen molar-refractivity contribution in [3.8, 4) is 0 Å². The van der Waals surface area contributed by atoms with E-state index in [1.165, 1.54) is 12.1 Å². The Kier molecular flexibility index (Phi) is 5.28. The number of fused-ring (bicyclic) bond motifs is 2. The summed E-state index contributed by atoms with van der Waals surface area (Å²) in [6.45, 7) is 1.51. The Balaban J connectivity index is 1.27. The minimum Gasteiger partial charge on any atom is -0.368 e. The molecular weight excluding hydrogens is 451 g/mol. The number of thiophene rings is 1. The number of nitrogens with two attached hydrogens (primary N) is 1. The van der Waals surface area contributed by atoms with Crippen molar-refractivity contribution < 1.29 is 9.18 Å². The number of hydrogen-bond acceptors (Lipinski definition) is 7. The first-order valence-corrected chi connectivity index (χ1v) is 12.5. The molecule has 2 aliphatic heterocycles. The quantitative estimate of drug-likeness (QED) is 0.572. The minimum absolute atomic E-state index is 0.0169. The van der Waals surface area contributed by atoms with Gasteiger partial charge in [0.15, 0.2) is 0 Å². The van der Waals surface area contributed by atoms with Gasteiger partial charge in [-0.1, -0.05) is 24.3 Å². The molecule has 4 heterocycles. The number of nitrogens with zero attached hydrogens (tertiary/aromatic N) is 5. The number of carbonyl (C=O) groups is 1. The Bertz CT molecular complexity index is 1290. The second kappa shape index (κ2) is 8.47. The summed E-state index contributed by atoms with van der Waals surface area (Å²) in [7, 11) is 0. The highest BCUT2D eigenvalue weighted by molar-refractivity contribution is 7.16. The first-order valence-electron chi connectivity index (χ1n) is 11.7. The van der Waals surface area contributed by atoms with Crippen LogP contribution in [0.15, 0.2) is 53.0 Å². The maximum atomic E-state index is 13.6. The van der Waals surface area contributed by atoms with Crippen LogP contribution in [-0.2, 0) is 4.79 Å². The summed E-state index contributed by atoms with van der Waals surface area (Å²) in [5.74, 6) is 0.891. The van der Waals surface area contributed by atoms with Crippen LogP contribution in [0.2, 0.25) is 0 Å². The molecule has 6 rings (SSSR count). The molecule has 0 spiro atoms. The SMILES string of the molecule is Nc1nc(N2CCC(N3N=C(c4ccc(F)cc4)[C@H]4CC=CC[C@H]4C3=O)CC2)c2ccsc2n1. The first kappa shape index (κ1) is 21.2. The van der Waals surface area contributed by atoms with E-state index in [0.717, 1.165) is 66.1 Å². The fourth-order valence-electron chi connectivity index (χ4n) is 5.37. The van der Waals surface area contributed by atoms with Crippen LogP contribution in [0.5, 0.6) is 0 Å². The molecule has 34 heavy (non-hydrogen) atoms. The number of rotatable bonds is 3. The van der Waals surface area contributed by atoms with Gasteiger partial charge in [-0.15, -0.1) is 11.3 Å². The van der Waals surface area contributed by atoms with Crippen molar-refractivity contribution in [1.29, 1.82) is 0 Å². The van der Waals surface area contributed by atoms with E-state index in [0.29, 0.717) is 0 Å². The number of halogens is 1. The van der Waals surface area contributed by atoms with E-state index in [-0.39, 0.29) is 35.6 Å². The molecule has 9 heteroatoms. The lowest BCUT2D eigenvalue weighted by atomic mass is 9.76. The fourth-order valence-corrected chi connectivity index (χ4v) is 6.14. The molecule has 1 amide bonds. The average Bonchev–Trinajstić information content (AvgIpc) is 3.33. The predicted octanol–water partition coefficient (Wildman–Crippen LogP) is 4.21. The molecule has 1 aromatic carbocycles. The Hall–Kier alpha value is -3.33. The molecule has 174 valence electrons. The molecule has 2 aromatic heterocycles. The van der Waals surface area contributed by atoms with Crippen molar-refractivity contribution in [2.24, 2.45) is 16.9 Å². The molecule has 7 nitrogen and oxygen atoms in total. The van der Waals surface area contributed by atoms with Gasteiger partial charge >= 0.3 is 0 Å². The molecular formula is C25H25FN6OS. The van der Waals surface area contributed by atoms with Gasteiger partial charge in [0.05, 0.1) is 23.1 Å². The van der Waals surface area contributed by atoms with E-state index in [1.54, 1.807) is 28.5 Å². The van der Waals surface area contributed by atoms with Crippen LogP contribution in [0, 0.1) is 17.7 Å². The third-order valence-corrected chi connectivity index (χ3v) is 7.92. The monoisotopic (exact) mass is 476 g/mol. The molecule has 3 aromatic rings. The van der Waals surface area contributed by atoms with Gasteiger partial charge in [-0.25, -0.2) is 14.4 Å². The van der Waals surface area contributed by atoms with E-state index in [4.69, 9.17) is 10.8 Å². The van der Waals surface area contributed by atoms with Crippen LogP contribution in [0.4, 0.5) is 16.2 Å². The molecule has 0 saturated carbocycles. The molecule has 2 N–H and O–H groups in total. The van der Waals surface area contributed by atoms with Crippen molar-refractivity contribution in [2.75, 3.05) is 23.7 Å². The molecule has 1 saturated heterocycles. The van der Waals surface area contributed by atoms with Crippen molar-refractivity contribution in [2.45, 2.75) is 31.7 Å². The van der Waals surface area contributed by atoms with Gasteiger partial charge in [0.2, 0.25) is 11.9 Å². The summed E-state index contributed by atoms with van der Waals surface area (Å²) in [5.41, 5.74) is 7.73. The van der Waals surface area contributed by atoms with Gasteiger partial charge in [0.1, 0.15) is 16.5 Å². The maximum absolute atomic E-state index is 13.6. The van der Waals surface area contributed by atoms with Crippen LogP contribution >= 0.6 is 11.3 Å². The topological polar surface area (TPSA) is 87.7 Å². The highest BCUT2D eigenvalue weighted by atomic mass is 32.1. The van der Waals surface area contributed by atoms with Gasteiger partial charge in [0, 0.05) is 19.0 Å². The van der Waals surface area contributed by atoms with Crippen molar-refractivity contribution >= 4 is 44.9 Å². The summed E-state index contributed by atoms with van der Waals surface area (Å²) >= 11 is 1.56. The Morgan fingerprint density at radius 2 is 1.74 bits per heavy atom. The smallest absolute Gasteiger partial charge is 0.247 e. The van der Waals surface area contributed by atoms with Gasteiger partial charge in [-0.05, 0) is 54.8 Å². The van der Waals surface area contributed by atoms with Crippen molar-refractivity contribution in [3.05, 3.63) is 59.2 Å². The zero-order valence-electron chi connectivity index (χ0n) is 18.6. The number of nitrogen functional groups attached to an aromatic ring is 1. The van der Waals surface area contributed by atoms with Crippen LogP contribution in [0.3, 0.4) is 0 Å². The molecule has 3 aliphatic rings. The second-order valence-corrected chi connectivity index (χ2v) is 9.99. The molecule has 1 fully saturated rings. The third kappa shape index (κ3) is 3.64. The highest BCUT2D eigenvalue weighted by Crippen LogP contribution is 2.37.